The summed E-state index contributed by atoms with van der Waals surface area (Å²) in [5, 5.41) is 6.24. The summed E-state index contributed by atoms with van der Waals surface area (Å²) in [6, 6.07) is 5.91. The van der Waals surface area contributed by atoms with Gasteiger partial charge in [0, 0.05) is 17.0 Å². The van der Waals surface area contributed by atoms with Gasteiger partial charge in [0.25, 0.3) is 0 Å². The lowest BCUT2D eigenvalue weighted by molar-refractivity contribution is 0.197. The van der Waals surface area contributed by atoms with Gasteiger partial charge in [0.15, 0.2) is 0 Å². The molecule has 2 bridgehead atoms. The Bertz CT molecular complexity index is 426. The van der Waals surface area contributed by atoms with Crippen molar-refractivity contribution in [2.45, 2.75) is 57.5 Å². The minimum absolute atomic E-state index is 0.601. The molecule has 0 aromatic carbocycles. The number of thiophene rings is 1. The van der Waals surface area contributed by atoms with Gasteiger partial charge in [-0.3, -0.25) is 0 Å². The normalized spacial score (nSPS) is 41.6. The summed E-state index contributed by atoms with van der Waals surface area (Å²) in [5.41, 5.74) is 0. The lowest BCUT2D eigenvalue weighted by Gasteiger charge is -2.34. The molecule has 0 spiro atoms. The third kappa shape index (κ3) is 1.99. The van der Waals surface area contributed by atoms with Crippen molar-refractivity contribution in [3.05, 3.63) is 22.4 Å². The Morgan fingerprint density at radius 2 is 2.16 bits per heavy atom. The lowest BCUT2D eigenvalue weighted by atomic mass is 9.79. The molecular formula is C17H25NS. The molecule has 1 N–H and O–H groups in total. The summed E-state index contributed by atoms with van der Waals surface area (Å²) < 4.78 is 0. The van der Waals surface area contributed by atoms with E-state index < -0.39 is 0 Å². The number of nitrogens with one attached hydrogen (secondary N) is 1. The monoisotopic (exact) mass is 275 g/mol. The highest BCUT2D eigenvalue weighted by molar-refractivity contribution is 7.10. The zero-order valence-corrected chi connectivity index (χ0v) is 12.7. The maximum atomic E-state index is 4.02. The average molecular weight is 275 g/mol. The van der Waals surface area contributed by atoms with E-state index in [2.05, 4.69) is 29.8 Å². The molecule has 3 saturated carbocycles. The molecule has 1 nitrogen and oxygen atoms in total. The second-order valence-electron chi connectivity index (χ2n) is 6.90. The van der Waals surface area contributed by atoms with E-state index in [0.717, 1.165) is 29.7 Å². The second kappa shape index (κ2) is 4.89. The van der Waals surface area contributed by atoms with Crippen molar-refractivity contribution >= 4 is 11.3 Å². The molecular weight excluding hydrogens is 250 g/mol. The van der Waals surface area contributed by atoms with Crippen LogP contribution in [0.1, 0.15) is 56.4 Å². The van der Waals surface area contributed by atoms with Gasteiger partial charge in [-0.2, -0.15) is 0 Å². The van der Waals surface area contributed by atoms with E-state index in [-0.39, 0.29) is 0 Å². The Kier molecular flexibility index (Phi) is 3.19. The first-order chi connectivity index (χ1) is 9.36. The van der Waals surface area contributed by atoms with Crippen molar-refractivity contribution in [1.29, 1.82) is 0 Å². The standard InChI is InChI=1S/C17H25NS/c1-2-15(17-7-4-8-19-17)18-16-10-11-9-14(16)13-6-3-5-12(11)13/h4,7-8,11-16,18H,2-3,5-6,9-10H2,1H3. The van der Waals surface area contributed by atoms with E-state index in [1.54, 1.807) is 6.42 Å². The number of hydrogen-bond acceptors (Lipinski definition) is 2. The highest BCUT2D eigenvalue weighted by atomic mass is 32.1. The van der Waals surface area contributed by atoms with Crippen LogP contribution in [0.25, 0.3) is 0 Å². The van der Waals surface area contributed by atoms with Gasteiger partial charge in [-0.05, 0) is 67.2 Å². The van der Waals surface area contributed by atoms with Crippen molar-refractivity contribution in [3.8, 4) is 0 Å². The van der Waals surface area contributed by atoms with Gasteiger partial charge in [-0.1, -0.05) is 19.4 Å². The van der Waals surface area contributed by atoms with Crippen LogP contribution in [-0.2, 0) is 0 Å². The summed E-state index contributed by atoms with van der Waals surface area (Å²) in [7, 11) is 0. The molecule has 1 aromatic heterocycles. The topological polar surface area (TPSA) is 12.0 Å². The van der Waals surface area contributed by atoms with Crippen molar-refractivity contribution in [2.75, 3.05) is 0 Å². The molecule has 0 amide bonds. The summed E-state index contributed by atoms with van der Waals surface area (Å²) in [6.07, 6.45) is 8.81. The van der Waals surface area contributed by atoms with E-state index in [4.69, 9.17) is 0 Å². The Hall–Kier alpha value is -0.340. The summed E-state index contributed by atoms with van der Waals surface area (Å²) in [4.78, 5) is 1.54. The van der Waals surface area contributed by atoms with Crippen LogP contribution in [0.3, 0.4) is 0 Å². The Balaban J connectivity index is 1.46. The highest BCUT2D eigenvalue weighted by Gasteiger charge is 2.53. The Morgan fingerprint density at radius 1 is 1.26 bits per heavy atom. The first-order valence-corrected chi connectivity index (χ1v) is 9.04. The smallest absolute Gasteiger partial charge is 0.0414 e. The summed E-state index contributed by atoms with van der Waals surface area (Å²) in [6.45, 7) is 2.32. The molecule has 2 heteroatoms. The van der Waals surface area contributed by atoms with Crippen LogP contribution in [0.5, 0.6) is 0 Å². The Labute approximate surface area is 120 Å². The zero-order chi connectivity index (χ0) is 12.8. The van der Waals surface area contributed by atoms with Crippen LogP contribution >= 0.6 is 11.3 Å². The third-order valence-corrected chi connectivity index (χ3v) is 7.12. The van der Waals surface area contributed by atoms with Crippen LogP contribution in [0.4, 0.5) is 0 Å². The summed E-state index contributed by atoms with van der Waals surface area (Å²) >= 11 is 1.92. The van der Waals surface area contributed by atoms with Crippen LogP contribution < -0.4 is 5.32 Å². The maximum Gasteiger partial charge on any atom is 0.0414 e. The fourth-order valence-corrected chi connectivity index (χ4v) is 6.28. The van der Waals surface area contributed by atoms with Crippen LogP contribution in [0, 0.1) is 23.7 Å². The van der Waals surface area contributed by atoms with E-state index in [0.29, 0.717) is 6.04 Å². The number of hydrogen-bond donors (Lipinski definition) is 1. The summed E-state index contributed by atoms with van der Waals surface area (Å²) in [5.74, 6) is 4.27. The molecule has 19 heavy (non-hydrogen) atoms. The first-order valence-electron chi connectivity index (χ1n) is 8.16. The van der Waals surface area contributed by atoms with Gasteiger partial charge in [-0.25, -0.2) is 0 Å². The third-order valence-electron chi connectivity index (χ3n) is 6.14. The molecule has 3 aliphatic carbocycles. The second-order valence-corrected chi connectivity index (χ2v) is 7.88. The predicted molar refractivity (Wildman–Crippen MR) is 81.3 cm³/mol. The molecule has 104 valence electrons. The molecule has 3 fully saturated rings. The largest absolute Gasteiger partial charge is 0.306 e. The number of fused-ring (bicyclic) bond motifs is 5. The first kappa shape index (κ1) is 12.4. The van der Waals surface area contributed by atoms with E-state index in [1.807, 2.05) is 11.3 Å². The van der Waals surface area contributed by atoms with Gasteiger partial charge in [0.1, 0.15) is 0 Å². The van der Waals surface area contributed by atoms with E-state index in [9.17, 15) is 0 Å². The molecule has 1 aromatic rings. The van der Waals surface area contributed by atoms with Gasteiger partial charge in [-0.15, -0.1) is 11.3 Å². The molecule has 0 aliphatic heterocycles. The Morgan fingerprint density at radius 3 is 2.95 bits per heavy atom. The minimum Gasteiger partial charge on any atom is -0.306 e. The molecule has 3 aliphatic rings. The van der Waals surface area contributed by atoms with Crippen molar-refractivity contribution in [1.82, 2.24) is 5.32 Å². The fourth-order valence-electron chi connectivity index (χ4n) is 5.41. The van der Waals surface area contributed by atoms with Gasteiger partial charge < -0.3 is 5.32 Å². The molecule has 4 rings (SSSR count). The average Bonchev–Trinajstić information content (AvgIpc) is 3.14. The van der Waals surface area contributed by atoms with Crippen molar-refractivity contribution in [3.63, 3.8) is 0 Å². The van der Waals surface area contributed by atoms with Gasteiger partial charge in [0.2, 0.25) is 0 Å². The minimum atomic E-state index is 0.601. The van der Waals surface area contributed by atoms with Crippen LogP contribution in [-0.4, -0.2) is 6.04 Å². The quantitative estimate of drug-likeness (QED) is 0.846. The van der Waals surface area contributed by atoms with E-state index in [1.165, 1.54) is 37.0 Å². The van der Waals surface area contributed by atoms with Crippen LogP contribution in [0.15, 0.2) is 17.5 Å². The fraction of sp³-hybridized carbons (Fsp3) is 0.765. The van der Waals surface area contributed by atoms with Crippen molar-refractivity contribution in [2.24, 2.45) is 23.7 Å². The molecule has 1 heterocycles. The molecule has 6 atom stereocenters. The molecule has 6 unspecified atom stereocenters. The highest BCUT2D eigenvalue weighted by Crippen LogP contribution is 2.58. The van der Waals surface area contributed by atoms with E-state index >= 15 is 0 Å². The predicted octanol–water partition coefficient (Wildman–Crippen LogP) is 4.61. The van der Waals surface area contributed by atoms with Gasteiger partial charge >= 0.3 is 0 Å². The molecule has 0 radical (unpaired) electrons. The lowest BCUT2D eigenvalue weighted by Crippen LogP contribution is -2.40. The molecule has 0 saturated heterocycles. The van der Waals surface area contributed by atoms with Gasteiger partial charge in [0.05, 0.1) is 0 Å². The zero-order valence-electron chi connectivity index (χ0n) is 11.8. The van der Waals surface area contributed by atoms with Crippen LogP contribution in [0.2, 0.25) is 0 Å². The van der Waals surface area contributed by atoms with Crippen molar-refractivity contribution < 1.29 is 0 Å². The number of rotatable bonds is 4. The SMILES string of the molecule is CCC(NC1CC2CC1C1CCCC21)c1cccs1. The maximum absolute atomic E-state index is 4.02.